The molecule has 0 atom stereocenters. The molecule has 1 aromatic heterocycles. The number of nitrogens with one attached hydrogen (secondary N) is 2. The fraction of sp³-hybridized carbons (Fsp3) is 0.375. The van der Waals surface area contributed by atoms with E-state index in [0.717, 1.165) is 0 Å². The second-order valence-electron chi connectivity index (χ2n) is 2.58. The van der Waals surface area contributed by atoms with E-state index in [4.69, 9.17) is 0 Å². The van der Waals surface area contributed by atoms with Crippen molar-refractivity contribution in [2.45, 2.75) is 6.92 Å². The molecule has 2 amide bonds. The number of aromatic nitrogens is 2. The maximum atomic E-state index is 11.2. The number of hydrogen-bond acceptors (Lipinski definition) is 3. The van der Waals surface area contributed by atoms with Crippen LogP contribution >= 0.6 is 0 Å². The van der Waals surface area contributed by atoms with Crippen molar-refractivity contribution in [2.75, 3.05) is 13.1 Å². The molecule has 0 unspecified atom stereocenters. The van der Waals surface area contributed by atoms with Crippen LogP contribution in [0.5, 0.6) is 0 Å². The summed E-state index contributed by atoms with van der Waals surface area (Å²) in [5.74, 6) is -0.207. The van der Waals surface area contributed by atoms with E-state index in [1.807, 2.05) is 6.92 Å². The van der Waals surface area contributed by atoms with E-state index in [1.165, 1.54) is 23.3 Å². The van der Waals surface area contributed by atoms with Crippen molar-refractivity contribution in [1.29, 1.82) is 0 Å². The Morgan fingerprint density at radius 1 is 1.43 bits per heavy atom. The SMILES string of the molecule is CCNC(=O)CNC(=O)n1ccnc1. The fourth-order valence-electron chi connectivity index (χ4n) is 0.886. The summed E-state index contributed by atoms with van der Waals surface area (Å²) in [5.41, 5.74) is 0. The van der Waals surface area contributed by atoms with Crippen LogP contribution in [0, 0.1) is 0 Å². The van der Waals surface area contributed by atoms with Gasteiger partial charge in [0.1, 0.15) is 6.33 Å². The molecule has 76 valence electrons. The van der Waals surface area contributed by atoms with Crippen LogP contribution in [0.1, 0.15) is 6.92 Å². The van der Waals surface area contributed by atoms with Crippen molar-refractivity contribution in [1.82, 2.24) is 20.2 Å². The first kappa shape index (κ1) is 10.2. The largest absolute Gasteiger partial charge is 0.355 e. The van der Waals surface area contributed by atoms with Crippen LogP contribution < -0.4 is 10.6 Å². The van der Waals surface area contributed by atoms with Crippen LogP contribution in [0.4, 0.5) is 4.79 Å². The predicted molar refractivity (Wildman–Crippen MR) is 49.7 cm³/mol. The van der Waals surface area contributed by atoms with Crippen molar-refractivity contribution >= 4 is 11.9 Å². The van der Waals surface area contributed by atoms with Crippen molar-refractivity contribution in [3.05, 3.63) is 18.7 Å². The monoisotopic (exact) mass is 196 g/mol. The highest BCUT2D eigenvalue weighted by atomic mass is 16.2. The lowest BCUT2D eigenvalue weighted by atomic mass is 10.5. The molecule has 14 heavy (non-hydrogen) atoms. The summed E-state index contributed by atoms with van der Waals surface area (Å²) in [6, 6.07) is -0.367. The molecular weight excluding hydrogens is 184 g/mol. The number of likely N-dealkylation sites (N-methyl/N-ethyl adjacent to an activating group) is 1. The van der Waals surface area contributed by atoms with Crippen molar-refractivity contribution in [3.8, 4) is 0 Å². The van der Waals surface area contributed by atoms with E-state index in [2.05, 4.69) is 15.6 Å². The molecule has 0 bridgehead atoms. The molecule has 0 aliphatic carbocycles. The van der Waals surface area contributed by atoms with Gasteiger partial charge in [-0.05, 0) is 6.92 Å². The molecule has 0 radical (unpaired) electrons. The molecule has 0 aromatic carbocycles. The number of rotatable bonds is 3. The highest BCUT2D eigenvalue weighted by Crippen LogP contribution is 1.83. The van der Waals surface area contributed by atoms with E-state index in [0.29, 0.717) is 6.54 Å². The Labute approximate surface area is 81.3 Å². The average molecular weight is 196 g/mol. The number of imidazole rings is 1. The predicted octanol–water partition coefficient (Wildman–Crippen LogP) is -0.423. The molecule has 0 aliphatic heterocycles. The lowest BCUT2D eigenvalue weighted by molar-refractivity contribution is -0.119. The number of nitrogens with zero attached hydrogens (tertiary/aromatic N) is 2. The highest BCUT2D eigenvalue weighted by Gasteiger charge is 2.04. The van der Waals surface area contributed by atoms with Crippen molar-refractivity contribution < 1.29 is 9.59 Å². The Hall–Kier alpha value is -1.85. The standard InChI is InChI=1S/C8H12N4O2/c1-2-10-7(13)5-11-8(14)12-4-3-9-6-12/h3-4,6H,2,5H2,1H3,(H,10,13)(H,11,14). The first-order valence-electron chi connectivity index (χ1n) is 4.27. The summed E-state index contributed by atoms with van der Waals surface area (Å²) in [7, 11) is 0. The number of hydrogen-bond donors (Lipinski definition) is 2. The Balaban J connectivity index is 2.32. The molecule has 1 heterocycles. The zero-order valence-corrected chi connectivity index (χ0v) is 7.86. The van der Waals surface area contributed by atoms with Gasteiger partial charge in [-0.15, -0.1) is 0 Å². The molecule has 0 spiro atoms. The summed E-state index contributed by atoms with van der Waals surface area (Å²) < 4.78 is 1.26. The van der Waals surface area contributed by atoms with Gasteiger partial charge >= 0.3 is 6.03 Å². The second-order valence-corrected chi connectivity index (χ2v) is 2.58. The maximum absolute atomic E-state index is 11.2. The van der Waals surface area contributed by atoms with Gasteiger partial charge in [-0.25, -0.2) is 9.78 Å². The molecule has 1 rings (SSSR count). The third kappa shape index (κ3) is 2.89. The minimum atomic E-state index is -0.367. The van der Waals surface area contributed by atoms with Crippen LogP contribution in [-0.2, 0) is 4.79 Å². The fourth-order valence-corrected chi connectivity index (χ4v) is 0.886. The third-order valence-electron chi connectivity index (χ3n) is 1.51. The Kier molecular flexibility index (Phi) is 3.66. The molecule has 0 aliphatic rings. The summed E-state index contributed by atoms with van der Waals surface area (Å²) in [5, 5.41) is 5.01. The van der Waals surface area contributed by atoms with Crippen LogP contribution in [0.3, 0.4) is 0 Å². The molecular formula is C8H12N4O2. The molecule has 0 fully saturated rings. The summed E-state index contributed by atoms with van der Waals surface area (Å²) in [6.45, 7) is 2.35. The van der Waals surface area contributed by atoms with Gasteiger partial charge in [-0.3, -0.25) is 9.36 Å². The normalized spacial score (nSPS) is 9.50. The number of carbonyl (C=O) groups excluding carboxylic acids is 2. The number of amides is 2. The Morgan fingerprint density at radius 3 is 2.79 bits per heavy atom. The van der Waals surface area contributed by atoms with Gasteiger partial charge in [0.2, 0.25) is 5.91 Å². The van der Waals surface area contributed by atoms with Gasteiger partial charge in [0.15, 0.2) is 0 Å². The van der Waals surface area contributed by atoms with Gasteiger partial charge < -0.3 is 10.6 Å². The van der Waals surface area contributed by atoms with E-state index in [9.17, 15) is 9.59 Å². The maximum Gasteiger partial charge on any atom is 0.327 e. The first-order chi connectivity index (χ1) is 6.74. The minimum absolute atomic E-state index is 0.0230. The summed E-state index contributed by atoms with van der Waals surface area (Å²) in [6.07, 6.45) is 4.37. The van der Waals surface area contributed by atoms with Crippen LogP contribution in [0.25, 0.3) is 0 Å². The van der Waals surface area contributed by atoms with E-state index >= 15 is 0 Å². The lowest BCUT2D eigenvalue weighted by Gasteiger charge is -2.04. The summed E-state index contributed by atoms with van der Waals surface area (Å²) in [4.78, 5) is 25.9. The molecule has 6 heteroatoms. The Morgan fingerprint density at radius 2 is 2.21 bits per heavy atom. The van der Waals surface area contributed by atoms with Gasteiger partial charge in [0, 0.05) is 18.9 Å². The van der Waals surface area contributed by atoms with Crippen LogP contribution in [0.15, 0.2) is 18.7 Å². The van der Waals surface area contributed by atoms with Gasteiger partial charge in [0.25, 0.3) is 0 Å². The summed E-state index contributed by atoms with van der Waals surface area (Å²) >= 11 is 0. The van der Waals surface area contributed by atoms with Gasteiger partial charge in [-0.1, -0.05) is 0 Å². The van der Waals surface area contributed by atoms with Crippen molar-refractivity contribution in [3.63, 3.8) is 0 Å². The molecule has 2 N–H and O–H groups in total. The molecule has 6 nitrogen and oxygen atoms in total. The molecule has 1 aromatic rings. The molecule has 0 saturated heterocycles. The topological polar surface area (TPSA) is 76.0 Å². The van der Waals surface area contributed by atoms with E-state index < -0.39 is 0 Å². The van der Waals surface area contributed by atoms with E-state index in [-0.39, 0.29) is 18.5 Å². The van der Waals surface area contributed by atoms with E-state index in [1.54, 1.807) is 0 Å². The minimum Gasteiger partial charge on any atom is -0.355 e. The smallest absolute Gasteiger partial charge is 0.327 e. The van der Waals surface area contributed by atoms with Gasteiger partial charge in [0.05, 0.1) is 6.54 Å². The Bertz CT molecular complexity index is 307. The molecule has 0 saturated carbocycles. The zero-order valence-electron chi connectivity index (χ0n) is 7.86. The van der Waals surface area contributed by atoms with Crippen molar-refractivity contribution in [2.24, 2.45) is 0 Å². The lowest BCUT2D eigenvalue weighted by Crippen LogP contribution is -2.38. The average Bonchev–Trinajstić information content (AvgIpc) is 2.67. The quantitative estimate of drug-likeness (QED) is 0.689. The van der Waals surface area contributed by atoms with Crippen LogP contribution in [0.2, 0.25) is 0 Å². The van der Waals surface area contributed by atoms with Crippen LogP contribution in [-0.4, -0.2) is 34.6 Å². The second kappa shape index (κ2) is 5.00. The first-order valence-corrected chi connectivity index (χ1v) is 4.27. The number of carbonyl (C=O) groups is 2. The van der Waals surface area contributed by atoms with Gasteiger partial charge in [-0.2, -0.15) is 0 Å². The zero-order chi connectivity index (χ0) is 10.4. The third-order valence-corrected chi connectivity index (χ3v) is 1.51. The highest BCUT2D eigenvalue weighted by molar-refractivity contribution is 5.84.